The van der Waals surface area contributed by atoms with Crippen LogP contribution in [0.2, 0.25) is 0 Å². The van der Waals surface area contributed by atoms with Crippen molar-refractivity contribution >= 4 is 5.91 Å². The highest BCUT2D eigenvalue weighted by Crippen LogP contribution is 2.19. The molecule has 2 fully saturated rings. The van der Waals surface area contributed by atoms with Gasteiger partial charge in [0.1, 0.15) is 0 Å². The van der Waals surface area contributed by atoms with Gasteiger partial charge < -0.3 is 4.90 Å². The average molecular weight is 238 g/mol. The Morgan fingerprint density at radius 2 is 1.76 bits per heavy atom. The summed E-state index contributed by atoms with van der Waals surface area (Å²) in [6.45, 7) is 6.01. The van der Waals surface area contributed by atoms with E-state index in [0.29, 0.717) is 18.5 Å². The summed E-state index contributed by atoms with van der Waals surface area (Å²) in [4.78, 5) is 16.7. The van der Waals surface area contributed by atoms with Gasteiger partial charge in [-0.05, 0) is 45.1 Å². The molecule has 2 aliphatic heterocycles. The molecule has 0 saturated carbocycles. The smallest absolute Gasteiger partial charge is 0.236 e. The van der Waals surface area contributed by atoms with Crippen molar-refractivity contribution in [1.29, 1.82) is 0 Å². The van der Waals surface area contributed by atoms with E-state index in [4.69, 9.17) is 0 Å². The molecule has 0 spiro atoms. The summed E-state index contributed by atoms with van der Waals surface area (Å²) in [5.74, 6) is 0.366. The summed E-state index contributed by atoms with van der Waals surface area (Å²) in [6, 6.07) is 0.650. The van der Waals surface area contributed by atoms with Crippen molar-refractivity contribution in [1.82, 2.24) is 9.80 Å². The predicted octanol–water partition coefficient (Wildman–Crippen LogP) is 2.26. The zero-order chi connectivity index (χ0) is 12.1. The second-order valence-electron chi connectivity index (χ2n) is 5.47. The van der Waals surface area contributed by atoms with Crippen molar-refractivity contribution in [2.45, 2.75) is 57.9 Å². The molecule has 3 heteroatoms. The van der Waals surface area contributed by atoms with E-state index in [1.54, 1.807) is 0 Å². The Balaban J connectivity index is 1.83. The molecule has 0 aromatic carbocycles. The van der Waals surface area contributed by atoms with Crippen molar-refractivity contribution in [2.24, 2.45) is 0 Å². The van der Waals surface area contributed by atoms with Crippen LogP contribution in [0.1, 0.15) is 51.9 Å². The van der Waals surface area contributed by atoms with Gasteiger partial charge in [-0.25, -0.2) is 0 Å². The number of carbonyl (C=O) groups excluding carboxylic acids is 1. The highest BCUT2D eigenvalue weighted by Gasteiger charge is 2.25. The van der Waals surface area contributed by atoms with Gasteiger partial charge in [0.05, 0.1) is 6.54 Å². The topological polar surface area (TPSA) is 23.6 Å². The largest absolute Gasteiger partial charge is 0.342 e. The van der Waals surface area contributed by atoms with Gasteiger partial charge in [-0.3, -0.25) is 9.69 Å². The fourth-order valence-electron chi connectivity index (χ4n) is 3.15. The van der Waals surface area contributed by atoms with Gasteiger partial charge in [0.25, 0.3) is 0 Å². The zero-order valence-corrected chi connectivity index (χ0v) is 11.2. The third kappa shape index (κ3) is 3.44. The fraction of sp³-hybridized carbons (Fsp3) is 0.929. The van der Waals surface area contributed by atoms with Gasteiger partial charge in [-0.15, -0.1) is 0 Å². The van der Waals surface area contributed by atoms with Crippen LogP contribution in [0.25, 0.3) is 0 Å². The number of amides is 1. The molecule has 17 heavy (non-hydrogen) atoms. The summed E-state index contributed by atoms with van der Waals surface area (Å²) in [7, 11) is 0. The fourth-order valence-corrected chi connectivity index (χ4v) is 3.15. The monoisotopic (exact) mass is 238 g/mol. The molecule has 1 atom stereocenters. The molecule has 98 valence electrons. The van der Waals surface area contributed by atoms with Crippen molar-refractivity contribution in [3.63, 3.8) is 0 Å². The summed E-state index contributed by atoms with van der Waals surface area (Å²) < 4.78 is 0. The molecular formula is C14H26N2O. The van der Waals surface area contributed by atoms with Gasteiger partial charge in [0.2, 0.25) is 5.91 Å². The SMILES string of the molecule is CC[C@H]1CCCCN1CC(=O)N1CCCCC1. The number of piperidine rings is 2. The molecule has 2 saturated heterocycles. The first kappa shape index (κ1) is 12.9. The van der Waals surface area contributed by atoms with E-state index >= 15 is 0 Å². The Morgan fingerprint density at radius 1 is 1.06 bits per heavy atom. The lowest BCUT2D eigenvalue weighted by atomic mass is 10.00. The highest BCUT2D eigenvalue weighted by molar-refractivity contribution is 5.78. The molecule has 1 amide bonds. The maximum atomic E-state index is 12.2. The Kier molecular flexibility index (Phi) is 4.84. The number of hydrogen-bond acceptors (Lipinski definition) is 2. The van der Waals surface area contributed by atoms with Crippen LogP contribution in [0.15, 0.2) is 0 Å². The zero-order valence-electron chi connectivity index (χ0n) is 11.2. The van der Waals surface area contributed by atoms with E-state index in [9.17, 15) is 4.79 Å². The van der Waals surface area contributed by atoms with Crippen LogP contribution >= 0.6 is 0 Å². The molecule has 0 aromatic rings. The van der Waals surface area contributed by atoms with Gasteiger partial charge in [-0.2, -0.15) is 0 Å². The van der Waals surface area contributed by atoms with E-state index in [1.807, 2.05) is 0 Å². The van der Waals surface area contributed by atoms with Crippen LogP contribution in [0.5, 0.6) is 0 Å². The lowest BCUT2D eigenvalue weighted by Gasteiger charge is -2.36. The summed E-state index contributed by atoms with van der Waals surface area (Å²) in [6.07, 6.45) is 8.77. The minimum Gasteiger partial charge on any atom is -0.342 e. The Labute approximate surface area is 105 Å². The molecule has 0 N–H and O–H groups in total. The van der Waals surface area contributed by atoms with Gasteiger partial charge in [-0.1, -0.05) is 13.3 Å². The number of likely N-dealkylation sites (tertiary alicyclic amines) is 2. The first-order valence-electron chi connectivity index (χ1n) is 7.33. The average Bonchev–Trinajstić information content (AvgIpc) is 2.40. The van der Waals surface area contributed by atoms with Crippen molar-refractivity contribution in [2.75, 3.05) is 26.2 Å². The quantitative estimate of drug-likeness (QED) is 0.753. The van der Waals surface area contributed by atoms with E-state index in [1.165, 1.54) is 44.9 Å². The van der Waals surface area contributed by atoms with Crippen molar-refractivity contribution < 1.29 is 4.79 Å². The Hall–Kier alpha value is -0.570. The summed E-state index contributed by atoms with van der Waals surface area (Å²) in [5.41, 5.74) is 0. The molecule has 0 radical (unpaired) electrons. The first-order chi connectivity index (χ1) is 8.31. The second-order valence-corrected chi connectivity index (χ2v) is 5.47. The third-order valence-electron chi connectivity index (χ3n) is 4.27. The second kappa shape index (κ2) is 6.39. The molecule has 0 unspecified atom stereocenters. The number of rotatable bonds is 3. The summed E-state index contributed by atoms with van der Waals surface area (Å²) in [5, 5.41) is 0. The van der Waals surface area contributed by atoms with Crippen molar-refractivity contribution in [3.8, 4) is 0 Å². The number of nitrogens with zero attached hydrogens (tertiary/aromatic N) is 2. The lowest BCUT2D eigenvalue weighted by molar-refractivity contribution is -0.134. The predicted molar refractivity (Wildman–Crippen MR) is 69.9 cm³/mol. The van der Waals surface area contributed by atoms with Crippen LogP contribution in [-0.4, -0.2) is 47.9 Å². The standard InChI is InChI=1S/C14H26N2O/c1-2-13-8-4-7-11-16(13)12-14(17)15-9-5-3-6-10-15/h13H,2-12H2,1H3/t13-/m0/s1. The number of carbonyl (C=O) groups is 1. The molecule has 2 rings (SSSR count). The third-order valence-corrected chi connectivity index (χ3v) is 4.27. The molecule has 0 aliphatic carbocycles. The molecule has 2 heterocycles. The molecule has 0 aromatic heterocycles. The van der Waals surface area contributed by atoms with Crippen LogP contribution in [-0.2, 0) is 4.79 Å². The summed E-state index contributed by atoms with van der Waals surface area (Å²) >= 11 is 0. The minimum absolute atomic E-state index is 0.366. The van der Waals surface area contributed by atoms with E-state index < -0.39 is 0 Å². The first-order valence-corrected chi connectivity index (χ1v) is 7.33. The molecule has 2 aliphatic rings. The van der Waals surface area contributed by atoms with Gasteiger partial charge >= 0.3 is 0 Å². The minimum atomic E-state index is 0.366. The van der Waals surface area contributed by atoms with Crippen LogP contribution in [0.4, 0.5) is 0 Å². The van der Waals surface area contributed by atoms with Gasteiger partial charge in [0.15, 0.2) is 0 Å². The lowest BCUT2D eigenvalue weighted by Crippen LogP contribution is -2.47. The number of hydrogen-bond donors (Lipinski definition) is 0. The van der Waals surface area contributed by atoms with E-state index in [0.717, 1.165) is 19.6 Å². The van der Waals surface area contributed by atoms with Crippen LogP contribution < -0.4 is 0 Å². The van der Waals surface area contributed by atoms with E-state index in [-0.39, 0.29) is 0 Å². The maximum Gasteiger partial charge on any atom is 0.236 e. The normalized spacial score (nSPS) is 27.1. The Bertz CT molecular complexity index is 249. The van der Waals surface area contributed by atoms with Crippen LogP contribution in [0, 0.1) is 0 Å². The van der Waals surface area contributed by atoms with E-state index in [2.05, 4.69) is 16.7 Å². The molecule has 0 bridgehead atoms. The van der Waals surface area contributed by atoms with Crippen molar-refractivity contribution in [3.05, 3.63) is 0 Å². The van der Waals surface area contributed by atoms with Gasteiger partial charge in [0, 0.05) is 19.1 Å². The van der Waals surface area contributed by atoms with Crippen LogP contribution in [0.3, 0.4) is 0 Å². The highest BCUT2D eigenvalue weighted by atomic mass is 16.2. The molecule has 3 nitrogen and oxygen atoms in total. The maximum absolute atomic E-state index is 12.2. The molecular weight excluding hydrogens is 212 g/mol. The Morgan fingerprint density at radius 3 is 2.47 bits per heavy atom.